The lowest BCUT2D eigenvalue weighted by Gasteiger charge is -2.34. The highest BCUT2D eigenvalue weighted by Crippen LogP contribution is 2.34. The topological polar surface area (TPSA) is 64.8 Å². The van der Waals surface area contributed by atoms with Gasteiger partial charge in [-0.05, 0) is 74.6 Å². The summed E-state index contributed by atoms with van der Waals surface area (Å²) in [6.07, 6.45) is 7.67. The summed E-state index contributed by atoms with van der Waals surface area (Å²) in [4.78, 5) is 14.9. The molecule has 2 aliphatic rings. The summed E-state index contributed by atoms with van der Waals surface area (Å²) in [6, 6.07) is 6.09. The Bertz CT molecular complexity index is 604. The summed E-state index contributed by atoms with van der Waals surface area (Å²) >= 11 is 0. The molecule has 1 saturated heterocycles. The molecule has 2 N–H and O–H groups in total. The molecule has 0 unspecified atom stereocenters. The molecular formula is C22H34N2O3. The van der Waals surface area contributed by atoms with Gasteiger partial charge in [0.25, 0.3) is 0 Å². The molecule has 0 aromatic heterocycles. The van der Waals surface area contributed by atoms with E-state index in [4.69, 9.17) is 15.2 Å². The molecule has 5 nitrogen and oxygen atoms in total. The number of benzene rings is 1. The van der Waals surface area contributed by atoms with Crippen LogP contribution in [0.3, 0.4) is 0 Å². The number of rotatable bonds is 7. The predicted octanol–water partition coefficient (Wildman–Crippen LogP) is 3.25. The van der Waals surface area contributed by atoms with Crippen molar-refractivity contribution >= 4 is 5.91 Å². The second-order valence-electron chi connectivity index (χ2n) is 8.06. The zero-order valence-corrected chi connectivity index (χ0v) is 16.8. The van der Waals surface area contributed by atoms with E-state index in [1.165, 1.54) is 5.56 Å². The lowest BCUT2D eigenvalue weighted by atomic mass is 9.88. The maximum Gasteiger partial charge on any atom is 0.226 e. The van der Waals surface area contributed by atoms with Crippen molar-refractivity contribution in [3.8, 4) is 11.5 Å². The number of carbonyl (C=O) groups excluding carboxylic acids is 1. The van der Waals surface area contributed by atoms with Crippen molar-refractivity contribution in [2.24, 2.45) is 23.5 Å². The molecule has 1 saturated carbocycles. The fraction of sp³-hybridized carbons (Fsp3) is 0.682. The van der Waals surface area contributed by atoms with E-state index in [0.717, 1.165) is 69.5 Å². The number of aryl methyl sites for hydroxylation is 1. The van der Waals surface area contributed by atoms with E-state index < -0.39 is 0 Å². The highest BCUT2D eigenvalue weighted by atomic mass is 16.5. The number of hydrogen-bond donors (Lipinski definition) is 1. The highest BCUT2D eigenvalue weighted by Gasteiger charge is 2.35. The molecular weight excluding hydrogens is 340 g/mol. The summed E-state index contributed by atoms with van der Waals surface area (Å²) in [5.74, 6) is 3.31. The summed E-state index contributed by atoms with van der Waals surface area (Å²) in [5.41, 5.74) is 7.11. The molecule has 150 valence electrons. The van der Waals surface area contributed by atoms with Gasteiger partial charge in [0, 0.05) is 25.1 Å². The first kappa shape index (κ1) is 20.0. The van der Waals surface area contributed by atoms with Gasteiger partial charge in [-0.25, -0.2) is 0 Å². The van der Waals surface area contributed by atoms with Crippen LogP contribution in [0.1, 0.15) is 44.1 Å². The normalized spacial score (nSPS) is 23.4. The quantitative estimate of drug-likeness (QED) is 0.796. The van der Waals surface area contributed by atoms with Gasteiger partial charge in [0.15, 0.2) is 0 Å². The second kappa shape index (κ2) is 9.45. The number of amides is 1. The SMILES string of the molecule is COc1cc(CCC2CCN(C(=O)[C@@H]3CCC[C@@H]3CN)CC2)cc(OC)c1. The third-order valence-electron chi connectivity index (χ3n) is 6.46. The molecule has 0 radical (unpaired) electrons. The van der Waals surface area contributed by atoms with Crippen LogP contribution in [0.15, 0.2) is 18.2 Å². The Hall–Kier alpha value is -1.75. The average molecular weight is 375 g/mol. The van der Waals surface area contributed by atoms with Gasteiger partial charge in [0.1, 0.15) is 11.5 Å². The molecule has 0 spiro atoms. The first-order valence-electron chi connectivity index (χ1n) is 10.4. The van der Waals surface area contributed by atoms with E-state index in [2.05, 4.69) is 17.0 Å². The maximum atomic E-state index is 12.8. The number of piperidine rings is 1. The van der Waals surface area contributed by atoms with Crippen LogP contribution in [0.25, 0.3) is 0 Å². The Labute approximate surface area is 163 Å². The van der Waals surface area contributed by atoms with E-state index >= 15 is 0 Å². The Kier molecular flexibility index (Phi) is 7.00. The molecule has 5 heteroatoms. The van der Waals surface area contributed by atoms with Gasteiger partial charge in [-0.15, -0.1) is 0 Å². The molecule has 2 fully saturated rings. The molecule has 1 aromatic rings. The Balaban J connectivity index is 1.48. The van der Waals surface area contributed by atoms with E-state index in [0.29, 0.717) is 24.3 Å². The lowest BCUT2D eigenvalue weighted by Crippen LogP contribution is -2.43. The predicted molar refractivity (Wildman–Crippen MR) is 107 cm³/mol. The zero-order valence-electron chi connectivity index (χ0n) is 16.8. The van der Waals surface area contributed by atoms with Crippen molar-refractivity contribution in [2.75, 3.05) is 33.9 Å². The van der Waals surface area contributed by atoms with Crippen LogP contribution in [-0.2, 0) is 11.2 Å². The van der Waals surface area contributed by atoms with Gasteiger partial charge >= 0.3 is 0 Å². The first-order chi connectivity index (χ1) is 13.1. The van der Waals surface area contributed by atoms with Gasteiger partial charge in [-0.3, -0.25) is 4.79 Å². The van der Waals surface area contributed by atoms with Gasteiger partial charge in [0.2, 0.25) is 5.91 Å². The largest absolute Gasteiger partial charge is 0.497 e. The summed E-state index contributed by atoms with van der Waals surface area (Å²) in [6.45, 7) is 2.45. The van der Waals surface area contributed by atoms with Crippen LogP contribution in [0, 0.1) is 17.8 Å². The molecule has 1 aromatic carbocycles. The first-order valence-corrected chi connectivity index (χ1v) is 10.4. The van der Waals surface area contributed by atoms with E-state index in [1.807, 2.05) is 6.07 Å². The monoisotopic (exact) mass is 374 g/mol. The summed E-state index contributed by atoms with van der Waals surface area (Å²) in [7, 11) is 3.37. The number of ether oxygens (including phenoxy) is 2. The van der Waals surface area contributed by atoms with E-state index in [1.54, 1.807) is 14.2 Å². The van der Waals surface area contributed by atoms with Crippen molar-refractivity contribution in [3.63, 3.8) is 0 Å². The van der Waals surface area contributed by atoms with Crippen LogP contribution in [0.4, 0.5) is 0 Å². The van der Waals surface area contributed by atoms with Crippen LogP contribution in [-0.4, -0.2) is 44.7 Å². The van der Waals surface area contributed by atoms with Gasteiger partial charge in [0.05, 0.1) is 14.2 Å². The Morgan fingerprint density at radius 2 is 1.74 bits per heavy atom. The minimum absolute atomic E-state index is 0.177. The van der Waals surface area contributed by atoms with Crippen molar-refractivity contribution in [3.05, 3.63) is 23.8 Å². The number of nitrogens with two attached hydrogens (primary N) is 1. The van der Waals surface area contributed by atoms with E-state index in [-0.39, 0.29) is 5.92 Å². The zero-order chi connectivity index (χ0) is 19.2. The number of hydrogen-bond acceptors (Lipinski definition) is 4. The molecule has 27 heavy (non-hydrogen) atoms. The smallest absolute Gasteiger partial charge is 0.226 e. The van der Waals surface area contributed by atoms with Crippen LogP contribution in [0.2, 0.25) is 0 Å². The minimum atomic E-state index is 0.177. The maximum absolute atomic E-state index is 12.8. The molecule has 1 aliphatic heterocycles. The van der Waals surface area contributed by atoms with Gasteiger partial charge in [-0.2, -0.15) is 0 Å². The van der Waals surface area contributed by atoms with Crippen molar-refractivity contribution in [1.82, 2.24) is 4.90 Å². The molecule has 1 aliphatic carbocycles. The molecule has 1 heterocycles. The fourth-order valence-corrected chi connectivity index (χ4v) is 4.70. The second-order valence-corrected chi connectivity index (χ2v) is 8.06. The van der Waals surface area contributed by atoms with E-state index in [9.17, 15) is 4.79 Å². The van der Waals surface area contributed by atoms with Crippen molar-refractivity contribution < 1.29 is 14.3 Å². The molecule has 0 bridgehead atoms. The Morgan fingerprint density at radius 3 is 2.33 bits per heavy atom. The summed E-state index contributed by atoms with van der Waals surface area (Å²) in [5, 5.41) is 0. The number of carbonyl (C=O) groups is 1. The highest BCUT2D eigenvalue weighted by molar-refractivity contribution is 5.79. The Morgan fingerprint density at radius 1 is 1.07 bits per heavy atom. The standard InChI is InChI=1S/C22H34N2O3/c1-26-19-12-17(13-20(14-19)27-2)7-6-16-8-10-24(11-9-16)22(25)21-5-3-4-18(21)15-23/h12-14,16,18,21H,3-11,15,23H2,1-2H3/t18-,21-/m1/s1. The van der Waals surface area contributed by atoms with Gasteiger partial charge < -0.3 is 20.1 Å². The molecule has 2 atom stereocenters. The number of methoxy groups -OCH3 is 2. The minimum Gasteiger partial charge on any atom is -0.497 e. The van der Waals surface area contributed by atoms with Crippen molar-refractivity contribution in [2.45, 2.75) is 44.9 Å². The average Bonchev–Trinajstić information content (AvgIpc) is 3.20. The summed E-state index contributed by atoms with van der Waals surface area (Å²) < 4.78 is 10.7. The number of likely N-dealkylation sites (tertiary alicyclic amines) is 1. The number of nitrogens with zero attached hydrogens (tertiary/aromatic N) is 1. The van der Waals surface area contributed by atoms with Crippen molar-refractivity contribution in [1.29, 1.82) is 0 Å². The third kappa shape index (κ3) is 4.95. The lowest BCUT2D eigenvalue weighted by molar-refractivity contribution is -0.138. The molecule has 1 amide bonds. The third-order valence-corrected chi connectivity index (χ3v) is 6.46. The van der Waals surface area contributed by atoms with Crippen LogP contribution >= 0.6 is 0 Å². The van der Waals surface area contributed by atoms with Crippen LogP contribution in [0.5, 0.6) is 11.5 Å². The van der Waals surface area contributed by atoms with Crippen LogP contribution < -0.4 is 15.2 Å². The fourth-order valence-electron chi connectivity index (χ4n) is 4.70. The van der Waals surface area contributed by atoms with Gasteiger partial charge in [-0.1, -0.05) is 6.42 Å². The molecule has 3 rings (SSSR count).